The summed E-state index contributed by atoms with van der Waals surface area (Å²) in [5.74, 6) is -1.11. The van der Waals surface area contributed by atoms with Crippen molar-refractivity contribution in [2.45, 2.75) is 45.6 Å². The molecule has 0 aromatic carbocycles. The first-order valence-electron chi connectivity index (χ1n) is 6.08. The maximum Gasteiger partial charge on any atom is 0.326 e. The average molecular weight is 239 g/mol. The van der Waals surface area contributed by atoms with Gasteiger partial charge in [-0.3, -0.25) is 4.79 Å². The second-order valence-corrected chi connectivity index (χ2v) is 5.03. The van der Waals surface area contributed by atoms with Gasteiger partial charge in [0.25, 0.3) is 0 Å². The van der Waals surface area contributed by atoms with E-state index < -0.39 is 12.0 Å². The van der Waals surface area contributed by atoms with Gasteiger partial charge in [0.05, 0.1) is 0 Å². The van der Waals surface area contributed by atoms with Crippen LogP contribution in [0.4, 0.5) is 0 Å². The van der Waals surface area contributed by atoms with Gasteiger partial charge in [-0.15, -0.1) is 6.58 Å². The van der Waals surface area contributed by atoms with E-state index in [-0.39, 0.29) is 17.2 Å². The van der Waals surface area contributed by atoms with Crippen molar-refractivity contribution >= 4 is 11.9 Å². The Hall–Kier alpha value is -1.32. The van der Waals surface area contributed by atoms with Crippen molar-refractivity contribution in [2.24, 2.45) is 11.3 Å². The normalized spacial score (nSPS) is 28.2. The summed E-state index contributed by atoms with van der Waals surface area (Å²) in [7, 11) is 0. The molecule has 0 aromatic heterocycles. The maximum atomic E-state index is 11.9. The molecule has 3 unspecified atom stereocenters. The van der Waals surface area contributed by atoms with Crippen LogP contribution in [0.25, 0.3) is 0 Å². The number of amides is 1. The molecule has 0 spiro atoms. The fraction of sp³-hybridized carbons (Fsp3) is 0.692. The summed E-state index contributed by atoms with van der Waals surface area (Å²) < 4.78 is 0. The predicted octanol–water partition coefficient (Wildman–Crippen LogP) is 1.96. The molecule has 0 aliphatic heterocycles. The van der Waals surface area contributed by atoms with Crippen molar-refractivity contribution in [1.29, 1.82) is 0 Å². The number of carboxylic acids is 1. The summed E-state index contributed by atoms with van der Waals surface area (Å²) in [6, 6.07) is -0.790. The van der Waals surface area contributed by atoms with Crippen molar-refractivity contribution in [3.8, 4) is 0 Å². The van der Waals surface area contributed by atoms with Crippen molar-refractivity contribution in [1.82, 2.24) is 5.32 Å². The lowest BCUT2D eigenvalue weighted by Gasteiger charge is -2.14. The summed E-state index contributed by atoms with van der Waals surface area (Å²) in [4.78, 5) is 22.8. The highest BCUT2D eigenvalue weighted by Crippen LogP contribution is 2.54. The van der Waals surface area contributed by atoms with Gasteiger partial charge in [-0.2, -0.15) is 0 Å². The molecule has 0 radical (unpaired) electrons. The van der Waals surface area contributed by atoms with Gasteiger partial charge in [0.15, 0.2) is 0 Å². The molecule has 0 heterocycles. The monoisotopic (exact) mass is 239 g/mol. The Morgan fingerprint density at radius 1 is 1.65 bits per heavy atom. The minimum absolute atomic E-state index is 0.0157. The van der Waals surface area contributed by atoms with E-state index in [0.29, 0.717) is 12.8 Å². The second-order valence-electron chi connectivity index (χ2n) is 5.03. The zero-order valence-corrected chi connectivity index (χ0v) is 10.5. The molecule has 4 heteroatoms. The Morgan fingerprint density at radius 3 is 2.71 bits per heavy atom. The van der Waals surface area contributed by atoms with E-state index in [4.69, 9.17) is 5.11 Å². The van der Waals surface area contributed by atoms with Crippen LogP contribution in [0.15, 0.2) is 12.7 Å². The summed E-state index contributed by atoms with van der Waals surface area (Å²) in [6.07, 6.45) is 4.47. The minimum atomic E-state index is -0.973. The molecule has 3 atom stereocenters. The van der Waals surface area contributed by atoms with Crippen LogP contribution < -0.4 is 5.32 Å². The van der Waals surface area contributed by atoms with E-state index in [2.05, 4.69) is 25.7 Å². The first-order chi connectivity index (χ1) is 7.94. The second kappa shape index (κ2) is 5.34. The zero-order chi connectivity index (χ0) is 13.1. The molecular weight excluding hydrogens is 218 g/mol. The van der Waals surface area contributed by atoms with Crippen molar-refractivity contribution in [3.05, 3.63) is 12.7 Å². The summed E-state index contributed by atoms with van der Waals surface area (Å²) >= 11 is 0. The number of allylic oxidation sites excluding steroid dienone is 1. The highest BCUT2D eigenvalue weighted by molar-refractivity contribution is 5.87. The number of carbonyl (C=O) groups excluding carboxylic acids is 1. The van der Waals surface area contributed by atoms with Crippen LogP contribution in [-0.4, -0.2) is 23.0 Å². The van der Waals surface area contributed by atoms with E-state index in [9.17, 15) is 9.59 Å². The largest absolute Gasteiger partial charge is 0.480 e. The Bertz CT molecular complexity index is 327. The number of hydrogen-bond donors (Lipinski definition) is 2. The zero-order valence-electron chi connectivity index (χ0n) is 10.5. The number of aliphatic carboxylic acids is 1. The number of nitrogens with one attached hydrogen (secondary N) is 1. The van der Waals surface area contributed by atoms with Crippen molar-refractivity contribution in [3.63, 3.8) is 0 Å². The fourth-order valence-corrected chi connectivity index (χ4v) is 2.02. The van der Waals surface area contributed by atoms with Gasteiger partial charge in [0.2, 0.25) is 5.91 Å². The third-order valence-corrected chi connectivity index (χ3v) is 3.75. The van der Waals surface area contributed by atoms with Gasteiger partial charge in [-0.1, -0.05) is 19.9 Å². The summed E-state index contributed by atoms with van der Waals surface area (Å²) in [5, 5.41) is 11.6. The fourth-order valence-electron chi connectivity index (χ4n) is 2.02. The molecule has 96 valence electrons. The average Bonchev–Trinajstić information content (AvgIpc) is 2.97. The molecule has 0 bridgehead atoms. The van der Waals surface area contributed by atoms with Gasteiger partial charge in [0.1, 0.15) is 6.04 Å². The third kappa shape index (κ3) is 3.32. The van der Waals surface area contributed by atoms with Crippen LogP contribution in [0.2, 0.25) is 0 Å². The summed E-state index contributed by atoms with van der Waals surface area (Å²) in [5.41, 5.74) is 0.0750. The van der Waals surface area contributed by atoms with E-state index in [1.54, 1.807) is 6.08 Å². The molecule has 1 saturated carbocycles. The Labute approximate surface area is 102 Å². The lowest BCUT2D eigenvalue weighted by Crippen LogP contribution is -2.42. The van der Waals surface area contributed by atoms with Gasteiger partial charge < -0.3 is 10.4 Å². The summed E-state index contributed by atoms with van der Waals surface area (Å²) in [6.45, 7) is 7.67. The van der Waals surface area contributed by atoms with Crippen molar-refractivity contribution in [2.75, 3.05) is 0 Å². The number of carboxylic acid groups (broad SMARTS) is 1. The molecule has 0 saturated heterocycles. The van der Waals surface area contributed by atoms with Crippen LogP contribution in [-0.2, 0) is 9.59 Å². The minimum Gasteiger partial charge on any atom is -0.480 e. The third-order valence-electron chi connectivity index (χ3n) is 3.75. The van der Waals surface area contributed by atoms with Crippen LogP contribution in [0.1, 0.15) is 39.5 Å². The Balaban J connectivity index is 2.48. The van der Waals surface area contributed by atoms with Gasteiger partial charge in [0, 0.05) is 5.92 Å². The predicted molar refractivity (Wildman–Crippen MR) is 65.5 cm³/mol. The molecule has 1 aliphatic carbocycles. The van der Waals surface area contributed by atoms with Gasteiger partial charge in [-0.25, -0.2) is 4.79 Å². The van der Waals surface area contributed by atoms with Crippen LogP contribution in [0, 0.1) is 11.3 Å². The molecule has 1 amide bonds. The standard InChI is InChI=1S/C13H21NO3/c1-4-6-7-10(12(16)17)14-11(15)9-8-13(9,3)5-2/h4,9-10H,1,5-8H2,2-3H3,(H,14,15)(H,16,17). The van der Waals surface area contributed by atoms with Crippen molar-refractivity contribution < 1.29 is 14.7 Å². The van der Waals surface area contributed by atoms with Gasteiger partial charge in [-0.05, 0) is 31.1 Å². The van der Waals surface area contributed by atoms with Crippen LogP contribution >= 0.6 is 0 Å². The molecule has 2 N–H and O–H groups in total. The van der Waals surface area contributed by atoms with Crippen LogP contribution in [0.3, 0.4) is 0 Å². The number of rotatable bonds is 7. The SMILES string of the molecule is C=CCCC(NC(=O)C1CC1(C)CC)C(=O)O. The topological polar surface area (TPSA) is 66.4 Å². The highest BCUT2D eigenvalue weighted by atomic mass is 16.4. The molecule has 1 aliphatic rings. The van der Waals surface area contributed by atoms with E-state index in [1.807, 2.05) is 0 Å². The first-order valence-corrected chi connectivity index (χ1v) is 6.08. The quantitative estimate of drug-likeness (QED) is 0.667. The highest BCUT2D eigenvalue weighted by Gasteiger charge is 2.53. The van der Waals surface area contributed by atoms with E-state index >= 15 is 0 Å². The molecule has 4 nitrogen and oxygen atoms in total. The Morgan fingerprint density at radius 2 is 2.29 bits per heavy atom. The van der Waals surface area contributed by atoms with Crippen LogP contribution in [0.5, 0.6) is 0 Å². The smallest absolute Gasteiger partial charge is 0.326 e. The molecule has 1 fully saturated rings. The number of hydrogen-bond acceptors (Lipinski definition) is 2. The molecular formula is C13H21NO3. The maximum absolute atomic E-state index is 11.9. The lowest BCUT2D eigenvalue weighted by atomic mass is 10.0. The molecule has 0 aromatic rings. The molecule has 17 heavy (non-hydrogen) atoms. The lowest BCUT2D eigenvalue weighted by molar-refractivity contribution is -0.142. The van der Waals surface area contributed by atoms with E-state index in [0.717, 1.165) is 12.8 Å². The number of carbonyl (C=O) groups is 2. The first kappa shape index (κ1) is 13.7. The van der Waals surface area contributed by atoms with Gasteiger partial charge >= 0.3 is 5.97 Å². The molecule has 1 rings (SSSR count). The van der Waals surface area contributed by atoms with E-state index in [1.165, 1.54) is 0 Å². The Kier molecular flexibility index (Phi) is 4.32.